The number of nitrogens with zero attached hydrogens (tertiary/aromatic N) is 2. The second-order valence-corrected chi connectivity index (χ2v) is 5.09. The Morgan fingerprint density at radius 2 is 2.18 bits per heavy atom. The van der Waals surface area contributed by atoms with Gasteiger partial charge in [-0.3, -0.25) is 4.90 Å². The fourth-order valence-corrected chi connectivity index (χ4v) is 2.49. The first kappa shape index (κ1) is 12.1. The van der Waals surface area contributed by atoms with E-state index in [1.807, 2.05) is 19.3 Å². The molecule has 0 amide bonds. The minimum absolute atomic E-state index is 0.912. The molecule has 2 heterocycles. The number of aromatic nitrogens is 1. The van der Waals surface area contributed by atoms with Crippen LogP contribution in [0.1, 0.15) is 10.4 Å². The number of nitrogens with one attached hydrogen (secondary N) is 1. The Balaban J connectivity index is 1.91. The van der Waals surface area contributed by atoms with Crippen LogP contribution in [-0.4, -0.2) is 24.0 Å². The highest BCUT2D eigenvalue weighted by Gasteiger charge is 2.03. The van der Waals surface area contributed by atoms with Gasteiger partial charge in [0.15, 0.2) is 0 Å². The minimum Gasteiger partial charge on any atom is -0.373 e. The van der Waals surface area contributed by atoms with Crippen molar-refractivity contribution in [2.24, 2.45) is 0 Å². The summed E-state index contributed by atoms with van der Waals surface area (Å²) in [6.45, 7) is 1.92. The molecule has 0 saturated carbocycles. The highest BCUT2D eigenvalue weighted by Crippen LogP contribution is 2.13. The lowest BCUT2D eigenvalue weighted by atomic mass is 10.2. The molecule has 0 aliphatic heterocycles. The monoisotopic (exact) mass is 247 g/mol. The molecule has 0 unspecified atom stereocenters. The first-order chi connectivity index (χ1) is 8.28. The van der Waals surface area contributed by atoms with Gasteiger partial charge >= 0.3 is 0 Å². The van der Waals surface area contributed by atoms with Gasteiger partial charge in [0.25, 0.3) is 0 Å². The van der Waals surface area contributed by atoms with Crippen molar-refractivity contribution in [2.75, 3.05) is 19.4 Å². The van der Waals surface area contributed by atoms with Gasteiger partial charge in [-0.1, -0.05) is 12.1 Å². The molecule has 3 nitrogen and oxygen atoms in total. The quantitative estimate of drug-likeness (QED) is 0.880. The lowest BCUT2D eigenvalue weighted by Gasteiger charge is -2.15. The fourth-order valence-electron chi connectivity index (χ4n) is 1.70. The molecule has 2 rings (SSSR count). The molecule has 0 fully saturated rings. The molecule has 2 aromatic heterocycles. The lowest BCUT2D eigenvalue weighted by molar-refractivity contribution is 0.321. The van der Waals surface area contributed by atoms with Crippen LogP contribution in [-0.2, 0) is 13.1 Å². The predicted molar refractivity (Wildman–Crippen MR) is 73.3 cm³/mol. The number of hydrogen-bond acceptors (Lipinski definition) is 4. The van der Waals surface area contributed by atoms with Gasteiger partial charge in [-0.25, -0.2) is 4.98 Å². The van der Waals surface area contributed by atoms with E-state index >= 15 is 0 Å². The van der Waals surface area contributed by atoms with Crippen LogP contribution in [0, 0.1) is 0 Å². The van der Waals surface area contributed by atoms with Crippen LogP contribution >= 0.6 is 11.3 Å². The molecule has 0 aromatic carbocycles. The van der Waals surface area contributed by atoms with Crippen LogP contribution in [0.25, 0.3) is 0 Å². The highest BCUT2D eigenvalue weighted by molar-refractivity contribution is 7.09. The largest absolute Gasteiger partial charge is 0.373 e. The van der Waals surface area contributed by atoms with Crippen molar-refractivity contribution in [3.63, 3.8) is 0 Å². The maximum absolute atomic E-state index is 4.31. The summed E-state index contributed by atoms with van der Waals surface area (Å²) >= 11 is 1.80. The van der Waals surface area contributed by atoms with Gasteiger partial charge in [0.1, 0.15) is 5.82 Å². The summed E-state index contributed by atoms with van der Waals surface area (Å²) in [6, 6.07) is 8.39. The van der Waals surface area contributed by atoms with Gasteiger partial charge in [-0.15, -0.1) is 11.3 Å². The third-order valence-corrected chi connectivity index (χ3v) is 3.40. The molecule has 90 valence electrons. The van der Waals surface area contributed by atoms with Crippen molar-refractivity contribution in [1.29, 1.82) is 0 Å². The first-order valence-electron chi connectivity index (χ1n) is 5.61. The van der Waals surface area contributed by atoms with Crippen molar-refractivity contribution >= 4 is 17.2 Å². The van der Waals surface area contributed by atoms with Crippen molar-refractivity contribution in [2.45, 2.75) is 13.1 Å². The van der Waals surface area contributed by atoms with Crippen molar-refractivity contribution in [1.82, 2.24) is 9.88 Å². The van der Waals surface area contributed by atoms with E-state index < -0.39 is 0 Å². The third kappa shape index (κ3) is 3.54. The van der Waals surface area contributed by atoms with Gasteiger partial charge < -0.3 is 5.32 Å². The second kappa shape index (κ2) is 5.80. The van der Waals surface area contributed by atoms with Gasteiger partial charge in [0.2, 0.25) is 0 Å². The average molecular weight is 247 g/mol. The van der Waals surface area contributed by atoms with E-state index in [1.54, 1.807) is 11.3 Å². The van der Waals surface area contributed by atoms with E-state index in [4.69, 9.17) is 0 Å². The molecule has 0 saturated heterocycles. The van der Waals surface area contributed by atoms with E-state index in [0.29, 0.717) is 0 Å². The summed E-state index contributed by atoms with van der Waals surface area (Å²) in [5, 5.41) is 5.14. The zero-order valence-electron chi connectivity index (χ0n) is 10.2. The average Bonchev–Trinajstić information content (AvgIpc) is 2.82. The summed E-state index contributed by atoms with van der Waals surface area (Å²) in [7, 11) is 4.01. The summed E-state index contributed by atoms with van der Waals surface area (Å²) in [5.41, 5.74) is 1.24. The zero-order chi connectivity index (χ0) is 12.1. The summed E-state index contributed by atoms with van der Waals surface area (Å²) in [4.78, 5) is 8.00. The molecular formula is C13H17N3S. The van der Waals surface area contributed by atoms with Crippen LogP contribution in [0.2, 0.25) is 0 Å². The fraction of sp³-hybridized carbons (Fsp3) is 0.308. The lowest BCUT2D eigenvalue weighted by Crippen LogP contribution is -2.16. The molecule has 0 aliphatic rings. The molecule has 0 spiro atoms. The van der Waals surface area contributed by atoms with E-state index in [9.17, 15) is 0 Å². The summed E-state index contributed by atoms with van der Waals surface area (Å²) in [6.07, 6.45) is 1.93. The van der Waals surface area contributed by atoms with Crippen LogP contribution < -0.4 is 5.32 Å². The number of anilines is 1. The maximum atomic E-state index is 4.31. The first-order valence-corrected chi connectivity index (χ1v) is 6.49. The van der Waals surface area contributed by atoms with Gasteiger partial charge in [0.05, 0.1) is 0 Å². The molecule has 0 atom stereocenters. The molecular weight excluding hydrogens is 230 g/mol. The van der Waals surface area contributed by atoms with Crippen LogP contribution in [0.15, 0.2) is 35.8 Å². The molecule has 17 heavy (non-hydrogen) atoms. The number of thiophene rings is 1. The number of pyridine rings is 1. The third-order valence-electron chi connectivity index (χ3n) is 2.54. The summed E-state index contributed by atoms with van der Waals surface area (Å²) in [5.74, 6) is 0.912. The smallest absolute Gasteiger partial charge is 0.125 e. The second-order valence-electron chi connectivity index (χ2n) is 4.05. The molecule has 1 N–H and O–H groups in total. The number of rotatable bonds is 5. The van der Waals surface area contributed by atoms with Crippen LogP contribution in [0.4, 0.5) is 5.82 Å². The maximum Gasteiger partial charge on any atom is 0.125 e. The van der Waals surface area contributed by atoms with Gasteiger partial charge in [0, 0.05) is 31.2 Å². The molecule has 4 heteroatoms. The van der Waals surface area contributed by atoms with E-state index in [0.717, 1.165) is 18.9 Å². The Morgan fingerprint density at radius 1 is 1.29 bits per heavy atom. The van der Waals surface area contributed by atoms with Crippen LogP contribution in [0.5, 0.6) is 0 Å². The van der Waals surface area contributed by atoms with E-state index in [2.05, 4.69) is 45.8 Å². The van der Waals surface area contributed by atoms with Crippen molar-refractivity contribution in [3.05, 3.63) is 46.3 Å². The standard InChI is InChI=1S/C13H17N3S/c1-14-13-6-5-11(8-15-13)9-16(2)10-12-4-3-7-17-12/h3-8H,9-10H2,1-2H3,(H,14,15). The van der Waals surface area contributed by atoms with Crippen molar-refractivity contribution < 1.29 is 0 Å². The van der Waals surface area contributed by atoms with Crippen molar-refractivity contribution in [3.8, 4) is 0 Å². The summed E-state index contributed by atoms with van der Waals surface area (Å²) < 4.78 is 0. The van der Waals surface area contributed by atoms with Gasteiger partial charge in [-0.05, 0) is 30.1 Å². The highest BCUT2D eigenvalue weighted by atomic mass is 32.1. The SMILES string of the molecule is CNc1ccc(CN(C)Cc2cccs2)cn1. The topological polar surface area (TPSA) is 28.2 Å². The molecule has 0 bridgehead atoms. The molecule has 0 aliphatic carbocycles. The molecule has 2 aromatic rings. The normalized spacial score (nSPS) is 10.8. The Hall–Kier alpha value is -1.39. The van der Waals surface area contributed by atoms with Gasteiger partial charge in [-0.2, -0.15) is 0 Å². The zero-order valence-corrected chi connectivity index (χ0v) is 11.0. The predicted octanol–water partition coefficient (Wildman–Crippen LogP) is 2.82. The number of hydrogen-bond donors (Lipinski definition) is 1. The van der Waals surface area contributed by atoms with Crippen LogP contribution in [0.3, 0.4) is 0 Å². The Morgan fingerprint density at radius 3 is 2.76 bits per heavy atom. The Labute approximate surface area is 106 Å². The Bertz CT molecular complexity index is 436. The van der Waals surface area contributed by atoms with E-state index in [-0.39, 0.29) is 0 Å². The van der Waals surface area contributed by atoms with E-state index in [1.165, 1.54) is 10.4 Å². The minimum atomic E-state index is 0.912. The molecule has 0 radical (unpaired) electrons. The Kier molecular flexibility index (Phi) is 4.12.